The van der Waals surface area contributed by atoms with Crippen molar-refractivity contribution in [3.63, 3.8) is 0 Å². The van der Waals surface area contributed by atoms with Gasteiger partial charge in [-0.25, -0.2) is 0 Å². The minimum Gasteiger partial charge on any atom is -0.469 e. The van der Waals surface area contributed by atoms with E-state index in [2.05, 4.69) is 0 Å². The van der Waals surface area contributed by atoms with Crippen molar-refractivity contribution in [2.45, 2.75) is 25.8 Å². The zero-order chi connectivity index (χ0) is 21.3. The Balaban J connectivity index is 1.66. The molecule has 0 unspecified atom stereocenters. The van der Waals surface area contributed by atoms with Crippen molar-refractivity contribution in [2.24, 2.45) is 0 Å². The molecule has 6 heteroatoms. The molecule has 1 fully saturated rings. The van der Waals surface area contributed by atoms with Crippen LogP contribution in [0.5, 0.6) is 0 Å². The highest BCUT2D eigenvalue weighted by molar-refractivity contribution is 5.95. The fraction of sp³-hybridized carbons (Fsp3) is 0.292. The average Bonchev–Trinajstić information content (AvgIpc) is 3.21. The molecule has 1 aliphatic rings. The van der Waals surface area contributed by atoms with Crippen molar-refractivity contribution >= 4 is 29.5 Å². The topological polar surface area (TPSA) is 66.9 Å². The molecule has 0 bridgehead atoms. The fourth-order valence-corrected chi connectivity index (χ4v) is 3.36. The highest BCUT2D eigenvalue weighted by atomic mass is 16.5. The Morgan fingerprint density at radius 3 is 2.47 bits per heavy atom. The van der Waals surface area contributed by atoms with Crippen LogP contribution in [0.25, 0.3) is 6.08 Å². The van der Waals surface area contributed by atoms with Crippen LogP contribution in [0.4, 0.5) is 5.69 Å². The van der Waals surface area contributed by atoms with Crippen molar-refractivity contribution < 1.29 is 19.1 Å². The molecule has 156 valence electrons. The lowest BCUT2D eigenvalue weighted by molar-refractivity contribution is -0.141. The van der Waals surface area contributed by atoms with E-state index in [9.17, 15) is 14.4 Å². The number of esters is 1. The summed E-state index contributed by atoms with van der Waals surface area (Å²) >= 11 is 0. The molecule has 30 heavy (non-hydrogen) atoms. The first-order chi connectivity index (χ1) is 14.6. The van der Waals surface area contributed by atoms with Gasteiger partial charge in [0.1, 0.15) is 0 Å². The van der Waals surface area contributed by atoms with Gasteiger partial charge in [-0.15, -0.1) is 0 Å². The number of hydrogen-bond donors (Lipinski definition) is 0. The summed E-state index contributed by atoms with van der Waals surface area (Å²) in [7, 11) is 1.34. The summed E-state index contributed by atoms with van der Waals surface area (Å²) in [5.41, 5.74) is 2.74. The molecule has 0 aromatic heterocycles. The Bertz CT molecular complexity index is 907. The number of rotatable bonds is 8. The third kappa shape index (κ3) is 5.80. The molecule has 6 nitrogen and oxygen atoms in total. The summed E-state index contributed by atoms with van der Waals surface area (Å²) in [6, 6.07) is 17.2. The van der Waals surface area contributed by atoms with Gasteiger partial charge in [0.25, 0.3) is 0 Å². The largest absolute Gasteiger partial charge is 0.469 e. The Kier molecular flexibility index (Phi) is 7.38. The molecule has 0 spiro atoms. The molecule has 1 heterocycles. The van der Waals surface area contributed by atoms with E-state index in [1.807, 2.05) is 54.6 Å². The normalized spacial score (nSPS) is 13.6. The van der Waals surface area contributed by atoms with Gasteiger partial charge in [-0.2, -0.15) is 0 Å². The lowest BCUT2D eigenvalue weighted by atomic mass is 10.1. The van der Waals surface area contributed by atoms with Gasteiger partial charge in [-0.3, -0.25) is 14.4 Å². The van der Waals surface area contributed by atoms with Gasteiger partial charge in [-0.1, -0.05) is 42.5 Å². The first-order valence-corrected chi connectivity index (χ1v) is 10.0. The van der Waals surface area contributed by atoms with Gasteiger partial charge in [0, 0.05) is 37.8 Å². The molecule has 3 rings (SSSR count). The predicted octanol–water partition coefficient (Wildman–Crippen LogP) is 3.42. The molecular formula is C24H26N2O4. The number of amides is 2. The minimum absolute atomic E-state index is 0.140. The molecule has 0 aliphatic carbocycles. The number of hydrogen-bond acceptors (Lipinski definition) is 4. The van der Waals surface area contributed by atoms with Crippen molar-refractivity contribution in [3.05, 3.63) is 71.8 Å². The van der Waals surface area contributed by atoms with Gasteiger partial charge < -0.3 is 14.5 Å². The zero-order valence-electron chi connectivity index (χ0n) is 17.1. The van der Waals surface area contributed by atoms with Crippen LogP contribution in [-0.2, 0) is 25.7 Å². The SMILES string of the molecule is COC(=O)CCN(Cc1ccccc1)C(=O)/C=C/c1ccc(N2CCCC2=O)cc1. The van der Waals surface area contributed by atoms with Crippen LogP contribution < -0.4 is 4.90 Å². The Labute approximate surface area is 176 Å². The smallest absolute Gasteiger partial charge is 0.307 e. The van der Waals surface area contributed by atoms with Crippen molar-refractivity contribution in [1.29, 1.82) is 0 Å². The lowest BCUT2D eigenvalue weighted by Crippen LogP contribution is -2.31. The summed E-state index contributed by atoms with van der Waals surface area (Å²) in [6.45, 7) is 1.44. The van der Waals surface area contributed by atoms with E-state index in [-0.39, 0.29) is 30.7 Å². The maximum absolute atomic E-state index is 12.8. The second-order valence-corrected chi connectivity index (χ2v) is 7.15. The highest BCUT2D eigenvalue weighted by Gasteiger charge is 2.21. The van der Waals surface area contributed by atoms with Crippen LogP contribution in [0.2, 0.25) is 0 Å². The second kappa shape index (κ2) is 10.4. The Hall–Kier alpha value is -3.41. The van der Waals surface area contributed by atoms with Crippen molar-refractivity contribution in [3.8, 4) is 0 Å². The Morgan fingerprint density at radius 2 is 1.83 bits per heavy atom. The standard InChI is InChI=1S/C24H26N2O4/c1-30-24(29)15-17-25(18-20-6-3-2-4-7-20)22(27)14-11-19-9-12-21(13-10-19)26-16-5-8-23(26)28/h2-4,6-7,9-14H,5,8,15-18H2,1H3/b14-11+. The molecule has 1 saturated heterocycles. The number of nitrogens with zero attached hydrogens (tertiary/aromatic N) is 2. The van der Waals surface area contributed by atoms with E-state index >= 15 is 0 Å². The molecule has 0 saturated carbocycles. The molecule has 0 N–H and O–H groups in total. The molecule has 2 aromatic rings. The Morgan fingerprint density at radius 1 is 1.10 bits per heavy atom. The molecule has 2 amide bonds. The van der Waals surface area contributed by atoms with Crippen LogP contribution in [0, 0.1) is 0 Å². The van der Waals surface area contributed by atoms with E-state index in [1.165, 1.54) is 13.2 Å². The van der Waals surface area contributed by atoms with E-state index in [1.54, 1.807) is 15.9 Å². The van der Waals surface area contributed by atoms with E-state index < -0.39 is 0 Å². The molecule has 1 aliphatic heterocycles. The van der Waals surface area contributed by atoms with Gasteiger partial charge in [-0.05, 0) is 35.8 Å². The zero-order valence-corrected chi connectivity index (χ0v) is 17.1. The van der Waals surface area contributed by atoms with E-state index in [0.29, 0.717) is 13.0 Å². The summed E-state index contributed by atoms with van der Waals surface area (Å²) in [4.78, 5) is 39.6. The lowest BCUT2D eigenvalue weighted by Gasteiger charge is -2.21. The maximum atomic E-state index is 12.8. The number of anilines is 1. The first kappa shape index (κ1) is 21.3. The van der Waals surface area contributed by atoms with Gasteiger partial charge in [0.2, 0.25) is 11.8 Å². The second-order valence-electron chi connectivity index (χ2n) is 7.15. The molecule has 2 aromatic carbocycles. The predicted molar refractivity (Wildman–Crippen MR) is 116 cm³/mol. The van der Waals surface area contributed by atoms with Gasteiger partial charge in [0.15, 0.2) is 0 Å². The van der Waals surface area contributed by atoms with Gasteiger partial charge >= 0.3 is 5.97 Å². The van der Waals surface area contributed by atoms with Crippen molar-refractivity contribution in [1.82, 2.24) is 4.90 Å². The first-order valence-electron chi connectivity index (χ1n) is 10.0. The monoisotopic (exact) mass is 406 g/mol. The van der Waals surface area contributed by atoms with Crippen LogP contribution in [0.1, 0.15) is 30.4 Å². The number of carbonyl (C=O) groups excluding carboxylic acids is 3. The van der Waals surface area contributed by atoms with Crippen molar-refractivity contribution in [2.75, 3.05) is 25.1 Å². The third-order valence-electron chi connectivity index (χ3n) is 5.04. The number of benzene rings is 2. The summed E-state index contributed by atoms with van der Waals surface area (Å²) < 4.78 is 4.70. The van der Waals surface area contributed by atoms with Gasteiger partial charge in [0.05, 0.1) is 13.5 Å². The number of carbonyl (C=O) groups is 3. The van der Waals surface area contributed by atoms with Crippen LogP contribution in [0.15, 0.2) is 60.7 Å². The third-order valence-corrected chi connectivity index (χ3v) is 5.04. The van der Waals surface area contributed by atoms with Crippen LogP contribution in [0.3, 0.4) is 0 Å². The highest BCUT2D eigenvalue weighted by Crippen LogP contribution is 2.22. The summed E-state index contributed by atoms with van der Waals surface area (Å²) in [5.74, 6) is -0.380. The summed E-state index contributed by atoms with van der Waals surface area (Å²) in [5, 5.41) is 0. The maximum Gasteiger partial charge on any atom is 0.307 e. The average molecular weight is 406 g/mol. The fourth-order valence-electron chi connectivity index (χ4n) is 3.36. The molecular weight excluding hydrogens is 380 g/mol. The van der Waals surface area contributed by atoms with E-state index in [0.717, 1.165) is 29.8 Å². The van der Waals surface area contributed by atoms with E-state index in [4.69, 9.17) is 4.74 Å². The number of methoxy groups -OCH3 is 1. The van der Waals surface area contributed by atoms with Crippen LogP contribution in [-0.4, -0.2) is 42.9 Å². The summed E-state index contributed by atoms with van der Waals surface area (Å²) in [6.07, 6.45) is 4.88. The molecule has 0 atom stereocenters. The quantitative estimate of drug-likeness (QED) is 0.498. The molecule has 0 radical (unpaired) electrons. The minimum atomic E-state index is -0.350. The number of ether oxygens (including phenoxy) is 1. The van der Waals surface area contributed by atoms with Crippen LogP contribution >= 0.6 is 0 Å².